The second-order valence-electron chi connectivity index (χ2n) is 4.99. The summed E-state index contributed by atoms with van der Waals surface area (Å²) in [4.78, 5) is 38.6. The number of hydrogen-bond donors (Lipinski definition) is 3. The first kappa shape index (κ1) is 16.0. The van der Waals surface area contributed by atoms with Gasteiger partial charge >= 0.3 is 5.69 Å². The number of fused-ring (bicyclic) bond motifs is 1. The van der Waals surface area contributed by atoms with Gasteiger partial charge in [-0.2, -0.15) is 0 Å². The number of H-pyrrole nitrogens is 1. The van der Waals surface area contributed by atoms with E-state index in [1.807, 2.05) is 0 Å². The zero-order valence-corrected chi connectivity index (χ0v) is 12.5. The van der Waals surface area contributed by atoms with Gasteiger partial charge in [0.15, 0.2) is 0 Å². The molecule has 0 aliphatic heterocycles. The molecule has 0 saturated carbocycles. The predicted octanol–water partition coefficient (Wildman–Crippen LogP) is 0.178. The van der Waals surface area contributed by atoms with Crippen LogP contribution in [0.5, 0.6) is 0 Å². The van der Waals surface area contributed by atoms with Gasteiger partial charge in [-0.15, -0.1) is 0 Å². The Hall–Kier alpha value is -2.41. The van der Waals surface area contributed by atoms with E-state index in [-0.39, 0.29) is 11.5 Å². The lowest BCUT2D eigenvalue weighted by atomic mass is 10.1. The van der Waals surface area contributed by atoms with E-state index in [0.717, 1.165) is 17.4 Å². The summed E-state index contributed by atoms with van der Waals surface area (Å²) in [5.74, 6) is -0.237. The van der Waals surface area contributed by atoms with E-state index in [2.05, 4.69) is 10.3 Å². The first-order valence-corrected chi connectivity index (χ1v) is 7.33. The van der Waals surface area contributed by atoms with Crippen LogP contribution in [0.4, 0.5) is 0 Å². The summed E-state index contributed by atoms with van der Waals surface area (Å²) in [6, 6.07) is 4.67. The average molecular weight is 304 g/mol. The van der Waals surface area contributed by atoms with Gasteiger partial charge in [-0.05, 0) is 44.5 Å². The van der Waals surface area contributed by atoms with Crippen LogP contribution < -0.4 is 22.3 Å². The van der Waals surface area contributed by atoms with Crippen molar-refractivity contribution in [3.05, 3.63) is 44.6 Å². The van der Waals surface area contributed by atoms with Crippen LogP contribution in [0.3, 0.4) is 0 Å². The van der Waals surface area contributed by atoms with E-state index in [1.165, 1.54) is 6.07 Å². The lowest BCUT2D eigenvalue weighted by molar-refractivity contribution is 0.0953. The number of unbranched alkanes of at least 4 members (excludes halogenated alkanes) is 1. The van der Waals surface area contributed by atoms with Gasteiger partial charge in [-0.25, -0.2) is 4.79 Å². The van der Waals surface area contributed by atoms with Gasteiger partial charge in [0.2, 0.25) is 0 Å². The number of nitrogens with two attached hydrogens (primary N) is 1. The summed E-state index contributed by atoms with van der Waals surface area (Å²) in [7, 11) is 0. The third-order valence-electron chi connectivity index (χ3n) is 3.48. The Labute approximate surface area is 127 Å². The third kappa shape index (κ3) is 3.25. The zero-order chi connectivity index (χ0) is 16.1. The molecule has 0 unspecified atom stereocenters. The van der Waals surface area contributed by atoms with Crippen molar-refractivity contribution < 1.29 is 4.79 Å². The van der Waals surface area contributed by atoms with Crippen molar-refractivity contribution in [1.29, 1.82) is 0 Å². The highest BCUT2D eigenvalue weighted by molar-refractivity contribution is 5.97. The minimum atomic E-state index is -0.472. The molecule has 0 radical (unpaired) electrons. The first-order chi connectivity index (χ1) is 10.6. The molecule has 0 aliphatic rings. The maximum atomic E-state index is 12.1. The number of nitrogens with zero attached hydrogens (tertiary/aromatic N) is 1. The summed E-state index contributed by atoms with van der Waals surface area (Å²) < 4.78 is 1.12. The summed E-state index contributed by atoms with van der Waals surface area (Å²) in [6.07, 6.45) is 1.66. The second-order valence-corrected chi connectivity index (χ2v) is 4.99. The number of carbonyl (C=O) groups is 1. The highest BCUT2D eigenvalue weighted by Gasteiger charge is 2.10. The molecule has 22 heavy (non-hydrogen) atoms. The maximum Gasteiger partial charge on any atom is 0.328 e. The largest absolute Gasteiger partial charge is 0.352 e. The fourth-order valence-corrected chi connectivity index (χ4v) is 2.26. The zero-order valence-electron chi connectivity index (χ0n) is 12.5. The van der Waals surface area contributed by atoms with E-state index in [1.54, 1.807) is 19.1 Å². The van der Waals surface area contributed by atoms with Crippen LogP contribution in [0.1, 0.15) is 30.1 Å². The van der Waals surface area contributed by atoms with Gasteiger partial charge in [0.1, 0.15) is 0 Å². The van der Waals surface area contributed by atoms with Crippen LogP contribution in [0.25, 0.3) is 10.9 Å². The molecule has 4 N–H and O–H groups in total. The fourth-order valence-electron chi connectivity index (χ4n) is 2.26. The van der Waals surface area contributed by atoms with Gasteiger partial charge in [-0.1, -0.05) is 0 Å². The summed E-state index contributed by atoms with van der Waals surface area (Å²) >= 11 is 0. The molecule has 0 aliphatic carbocycles. The lowest BCUT2D eigenvalue weighted by Gasteiger charge is -2.07. The monoisotopic (exact) mass is 304 g/mol. The molecule has 1 amide bonds. The van der Waals surface area contributed by atoms with Crippen molar-refractivity contribution >= 4 is 16.8 Å². The molecule has 118 valence electrons. The van der Waals surface area contributed by atoms with Crippen molar-refractivity contribution in [2.45, 2.75) is 26.3 Å². The van der Waals surface area contributed by atoms with Crippen molar-refractivity contribution in [3.63, 3.8) is 0 Å². The number of nitrogens with one attached hydrogen (secondary N) is 2. The highest BCUT2D eigenvalue weighted by Crippen LogP contribution is 2.09. The van der Waals surface area contributed by atoms with Crippen LogP contribution >= 0.6 is 0 Å². The number of hydrogen-bond acceptors (Lipinski definition) is 4. The number of amides is 1. The molecule has 1 heterocycles. The quantitative estimate of drug-likeness (QED) is 0.661. The molecule has 7 nitrogen and oxygen atoms in total. The van der Waals surface area contributed by atoms with E-state index >= 15 is 0 Å². The minimum Gasteiger partial charge on any atom is -0.352 e. The smallest absolute Gasteiger partial charge is 0.328 e. The Morgan fingerprint density at radius 1 is 1.32 bits per heavy atom. The van der Waals surface area contributed by atoms with Crippen LogP contribution in [0.2, 0.25) is 0 Å². The summed E-state index contributed by atoms with van der Waals surface area (Å²) in [5.41, 5.74) is 5.35. The summed E-state index contributed by atoms with van der Waals surface area (Å²) in [5, 5.41) is 3.17. The van der Waals surface area contributed by atoms with E-state index in [0.29, 0.717) is 36.1 Å². The van der Waals surface area contributed by atoms with E-state index < -0.39 is 5.69 Å². The van der Waals surface area contributed by atoms with Crippen LogP contribution in [0, 0.1) is 0 Å². The number of aromatic amines is 1. The Kier molecular flexibility index (Phi) is 5.11. The Bertz CT molecular complexity index is 791. The van der Waals surface area contributed by atoms with Gasteiger partial charge < -0.3 is 16.0 Å². The standard InChI is InChI=1S/C15H20N4O3/c1-2-19-14(21)11-6-5-10(9-12(11)18-15(19)22)13(20)17-8-4-3-7-16/h5-6,9H,2-4,7-8,16H2,1H3,(H,17,20)(H,18,22). The molecule has 0 saturated heterocycles. The molecule has 0 bridgehead atoms. The highest BCUT2D eigenvalue weighted by atomic mass is 16.2. The Balaban J connectivity index is 2.29. The first-order valence-electron chi connectivity index (χ1n) is 7.33. The van der Waals surface area contributed by atoms with E-state index in [4.69, 9.17) is 5.73 Å². The molecule has 1 aromatic carbocycles. The second kappa shape index (κ2) is 7.04. The molecule has 7 heteroatoms. The minimum absolute atomic E-state index is 0.237. The van der Waals surface area contributed by atoms with Crippen molar-refractivity contribution in [3.8, 4) is 0 Å². The molecule has 1 aromatic heterocycles. The van der Waals surface area contributed by atoms with Crippen LogP contribution in [0.15, 0.2) is 27.8 Å². The van der Waals surface area contributed by atoms with Gasteiger partial charge in [0.25, 0.3) is 11.5 Å². The predicted molar refractivity (Wildman–Crippen MR) is 85.1 cm³/mol. The van der Waals surface area contributed by atoms with Gasteiger partial charge in [0.05, 0.1) is 10.9 Å². The molecule has 0 atom stereocenters. The molecular weight excluding hydrogens is 284 g/mol. The molecular formula is C15H20N4O3. The molecule has 0 spiro atoms. The fraction of sp³-hybridized carbons (Fsp3) is 0.400. The molecule has 0 fully saturated rings. The summed E-state index contributed by atoms with van der Waals surface area (Å²) in [6.45, 7) is 3.16. The normalized spacial score (nSPS) is 10.8. The van der Waals surface area contributed by atoms with Gasteiger partial charge in [-0.3, -0.25) is 14.2 Å². The maximum absolute atomic E-state index is 12.1. The Morgan fingerprint density at radius 3 is 2.77 bits per heavy atom. The number of benzene rings is 1. The van der Waals surface area contributed by atoms with Crippen molar-refractivity contribution in [2.75, 3.05) is 13.1 Å². The SMILES string of the molecule is CCn1c(=O)[nH]c2cc(C(=O)NCCCCN)ccc2c1=O. The van der Waals surface area contributed by atoms with Crippen molar-refractivity contribution in [1.82, 2.24) is 14.9 Å². The Morgan fingerprint density at radius 2 is 2.09 bits per heavy atom. The topological polar surface area (TPSA) is 110 Å². The number of aromatic nitrogens is 2. The van der Waals surface area contributed by atoms with Crippen molar-refractivity contribution in [2.24, 2.45) is 5.73 Å². The van der Waals surface area contributed by atoms with Gasteiger partial charge in [0, 0.05) is 18.7 Å². The van der Waals surface area contributed by atoms with E-state index in [9.17, 15) is 14.4 Å². The molecule has 2 rings (SSSR count). The average Bonchev–Trinajstić information content (AvgIpc) is 2.51. The third-order valence-corrected chi connectivity index (χ3v) is 3.48. The lowest BCUT2D eigenvalue weighted by Crippen LogP contribution is -2.34. The number of carbonyl (C=O) groups excluding carboxylic acids is 1. The van der Waals surface area contributed by atoms with Crippen LogP contribution in [-0.4, -0.2) is 28.5 Å². The van der Waals surface area contributed by atoms with Crippen LogP contribution in [-0.2, 0) is 6.54 Å². The molecule has 2 aromatic rings. The number of rotatable bonds is 6.